The molecule has 1 fully saturated rings. The Balaban J connectivity index is 1.44. The molecule has 0 saturated carbocycles. The van der Waals surface area contributed by atoms with Crippen molar-refractivity contribution < 1.29 is 28.6 Å². The van der Waals surface area contributed by atoms with Crippen LogP contribution in [-0.4, -0.2) is 56.6 Å². The van der Waals surface area contributed by atoms with E-state index < -0.39 is 17.8 Å². The highest BCUT2D eigenvalue weighted by molar-refractivity contribution is 9.10. The van der Waals surface area contributed by atoms with E-state index in [-0.39, 0.29) is 31.5 Å². The number of nitrogens with zero attached hydrogens (tertiary/aromatic N) is 1. The minimum Gasteiger partial charge on any atom is -0.493 e. The number of likely N-dealkylation sites (tertiary alicyclic amines) is 1. The van der Waals surface area contributed by atoms with Crippen LogP contribution >= 0.6 is 15.9 Å². The first-order chi connectivity index (χ1) is 16.3. The molecule has 0 unspecified atom stereocenters. The van der Waals surface area contributed by atoms with Crippen LogP contribution in [0.3, 0.4) is 0 Å². The van der Waals surface area contributed by atoms with Crippen LogP contribution in [0.1, 0.15) is 30.5 Å². The number of benzene rings is 2. The van der Waals surface area contributed by atoms with Gasteiger partial charge in [0.25, 0.3) is 5.91 Å². The van der Waals surface area contributed by atoms with Gasteiger partial charge >= 0.3 is 5.97 Å². The molecule has 0 bridgehead atoms. The number of rotatable bonds is 10. The molecule has 9 heteroatoms. The van der Waals surface area contributed by atoms with Crippen molar-refractivity contribution in [3.63, 3.8) is 0 Å². The summed E-state index contributed by atoms with van der Waals surface area (Å²) in [6, 6.07) is 13.0. The Hall–Kier alpha value is -3.07. The lowest BCUT2D eigenvalue weighted by atomic mass is 10.1. The quantitative estimate of drug-likeness (QED) is 0.472. The van der Waals surface area contributed by atoms with Crippen LogP contribution in [0.4, 0.5) is 0 Å². The Bertz CT molecular complexity index is 1030. The van der Waals surface area contributed by atoms with Crippen molar-refractivity contribution in [3.8, 4) is 11.5 Å². The molecular formula is C25H29BrN2O6. The number of halogens is 1. The van der Waals surface area contributed by atoms with Crippen molar-refractivity contribution in [2.45, 2.75) is 25.8 Å². The van der Waals surface area contributed by atoms with Gasteiger partial charge in [-0.2, -0.15) is 0 Å². The van der Waals surface area contributed by atoms with E-state index in [4.69, 9.17) is 14.2 Å². The van der Waals surface area contributed by atoms with Crippen LogP contribution in [0.2, 0.25) is 0 Å². The summed E-state index contributed by atoms with van der Waals surface area (Å²) in [5, 5.41) is 2.81. The Morgan fingerprint density at radius 3 is 2.50 bits per heavy atom. The molecule has 0 aliphatic carbocycles. The lowest BCUT2D eigenvalue weighted by molar-refractivity contribution is -0.152. The van der Waals surface area contributed by atoms with Gasteiger partial charge in [-0.3, -0.25) is 14.4 Å². The monoisotopic (exact) mass is 532 g/mol. The van der Waals surface area contributed by atoms with E-state index in [2.05, 4.69) is 21.2 Å². The first kappa shape index (κ1) is 25.6. The van der Waals surface area contributed by atoms with Crippen molar-refractivity contribution in [2.75, 3.05) is 33.9 Å². The van der Waals surface area contributed by atoms with Gasteiger partial charge in [-0.1, -0.05) is 34.1 Å². The van der Waals surface area contributed by atoms with Gasteiger partial charge in [0.2, 0.25) is 5.91 Å². The molecule has 2 atom stereocenters. The highest BCUT2D eigenvalue weighted by atomic mass is 79.9. The molecule has 1 N–H and O–H groups in total. The molecule has 0 aromatic heterocycles. The summed E-state index contributed by atoms with van der Waals surface area (Å²) in [5.74, 6) is -0.333. The molecule has 182 valence electrons. The van der Waals surface area contributed by atoms with Crippen LogP contribution in [-0.2, 0) is 25.5 Å². The SMILES string of the molecule is COc1ccc(CCN2C[C@H](C(=O)OCC(=O)N[C@@H](C)c3ccc(Br)cc3)CC2=O)cc1OC. The number of amides is 2. The first-order valence-electron chi connectivity index (χ1n) is 11.0. The van der Waals surface area contributed by atoms with Crippen molar-refractivity contribution in [3.05, 3.63) is 58.1 Å². The maximum absolute atomic E-state index is 12.4. The largest absolute Gasteiger partial charge is 0.493 e. The van der Waals surface area contributed by atoms with E-state index in [1.54, 1.807) is 19.1 Å². The van der Waals surface area contributed by atoms with Gasteiger partial charge in [0.15, 0.2) is 18.1 Å². The van der Waals surface area contributed by atoms with E-state index in [1.165, 1.54) is 0 Å². The molecule has 8 nitrogen and oxygen atoms in total. The van der Waals surface area contributed by atoms with Crippen molar-refractivity contribution in [1.29, 1.82) is 0 Å². The van der Waals surface area contributed by atoms with Gasteiger partial charge in [0.05, 0.1) is 26.2 Å². The van der Waals surface area contributed by atoms with Crippen LogP contribution in [0.5, 0.6) is 11.5 Å². The molecule has 2 aromatic carbocycles. The molecule has 2 amide bonds. The fourth-order valence-electron chi connectivity index (χ4n) is 3.82. The predicted octanol–water partition coefficient (Wildman–Crippen LogP) is 3.28. The zero-order chi connectivity index (χ0) is 24.7. The molecular weight excluding hydrogens is 504 g/mol. The summed E-state index contributed by atoms with van der Waals surface area (Å²) < 4.78 is 16.7. The standard InChI is InChI=1S/C25H29BrN2O6/c1-16(18-5-7-20(26)8-6-18)27-23(29)15-34-25(31)19-13-24(30)28(14-19)11-10-17-4-9-21(32-2)22(12-17)33-3/h4-9,12,16,19H,10-11,13-15H2,1-3H3,(H,27,29)/t16-,19+/m0/s1. The Morgan fingerprint density at radius 2 is 1.82 bits per heavy atom. The highest BCUT2D eigenvalue weighted by Crippen LogP contribution is 2.28. The summed E-state index contributed by atoms with van der Waals surface area (Å²) in [6.07, 6.45) is 0.700. The van der Waals surface area contributed by atoms with Crippen molar-refractivity contribution in [2.24, 2.45) is 5.92 Å². The van der Waals surface area contributed by atoms with Crippen molar-refractivity contribution in [1.82, 2.24) is 10.2 Å². The number of methoxy groups -OCH3 is 2. The molecule has 0 spiro atoms. The molecule has 1 heterocycles. The van der Waals surface area contributed by atoms with Crippen molar-refractivity contribution >= 4 is 33.7 Å². The number of nitrogens with one attached hydrogen (secondary N) is 1. The zero-order valence-corrected chi connectivity index (χ0v) is 21.1. The number of carbonyl (C=O) groups is 3. The minimum absolute atomic E-state index is 0.0850. The number of esters is 1. The number of ether oxygens (including phenoxy) is 3. The summed E-state index contributed by atoms with van der Waals surface area (Å²) >= 11 is 3.38. The second-order valence-corrected chi connectivity index (χ2v) is 9.04. The Morgan fingerprint density at radius 1 is 1.12 bits per heavy atom. The maximum atomic E-state index is 12.4. The summed E-state index contributed by atoms with van der Waals surface area (Å²) in [4.78, 5) is 38.7. The minimum atomic E-state index is -0.574. The van der Waals surface area contributed by atoms with Gasteiger partial charge < -0.3 is 24.4 Å². The average molecular weight is 533 g/mol. The highest BCUT2D eigenvalue weighted by Gasteiger charge is 2.35. The van der Waals surface area contributed by atoms with E-state index in [1.807, 2.05) is 49.4 Å². The third-order valence-corrected chi connectivity index (χ3v) is 6.29. The van der Waals surface area contributed by atoms with Crippen LogP contribution < -0.4 is 14.8 Å². The Labute approximate surface area is 207 Å². The Kier molecular flexibility index (Phi) is 8.92. The fraction of sp³-hybridized carbons (Fsp3) is 0.400. The zero-order valence-electron chi connectivity index (χ0n) is 19.5. The molecule has 3 rings (SSSR count). The topological polar surface area (TPSA) is 94.2 Å². The molecule has 2 aromatic rings. The number of hydrogen-bond donors (Lipinski definition) is 1. The van der Waals surface area contributed by atoms with E-state index in [0.717, 1.165) is 15.6 Å². The first-order valence-corrected chi connectivity index (χ1v) is 11.8. The van der Waals surface area contributed by atoms with E-state index >= 15 is 0 Å². The lowest BCUT2D eigenvalue weighted by Crippen LogP contribution is -2.33. The summed E-state index contributed by atoms with van der Waals surface area (Å²) in [5.41, 5.74) is 1.93. The third-order valence-electron chi connectivity index (χ3n) is 5.76. The predicted molar refractivity (Wildman–Crippen MR) is 130 cm³/mol. The van der Waals surface area contributed by atoms with Gasteiger partial charge in [0, 0.05) is 24.0 Å². The van der Waals surface area contributed by atoms with Gasteiger partial charge in [-0.25, -0.2) is 0 Å². The molecule has 1 saturated heterocycles. The van der Waals surface area contributed by atoms with E-state index in [9.17, 15) is 14.4 Å². The van der Waals surface area contributed by atoms with Gasteiger partial charge in [-0.05, 0) is 48.7 Å². The lowest BCUT2D eigenvalue weighted by Gasteiger charge is -2.17. The molecule has 1 aliphatic rings. The second-order valence-electron chi connectivity index (χ2n) is 8.13. The molecule has 0 radical (unpaired) electrons. The maximum Gasteiger partial charge on any atom is 0.311 e. The third kappa shape index (κ3) is 6.72. The normalized spacial score (nSPS) is 16.2. The second kappa shape index (κ2) is 11.9. The van der Waals surface area contributed by atoms with Gasteiger partial charge in [0.1, 0.15) is 0 Å². The summed E-state index contributed by atoms with van der Waals surface area (Å²) in [6.45, 7) is 2.23. The van der Waals surface area contributed by atoms with Gasteiger partial charge in [-0.15, -0.1) is 0 Å². The van der Waals surface area contributed by atoms with E-state index in [0.29, 0.717) is 24.5 Å². The molecule has 34 heavy (non-hydrogen) atoms. The van der Waals surface area contributed by atoms with Crippen LogP contribution in [0, 0.1) is 5.92 Å². The summed E-state index contributed by atoms with van der Waals surface area (Å²) in [7, 11) is 3.15. The molecule has 1 aliphatic heterocycles. The fourth-order valence-corrected chi connectivity index (χ4v) is 4.08. The van der Waals surface area contributed by atoms with Crippen LogP contribution in [0.25, 0.3) is 0 Å². The van der Waals surface area contributed by atoms with Crippen LogP contribution in [0.15, 0.2) is 46.9 Å². The average Bonchev–Trinajstić information content (AvgIpc) is 3.21. The smallest absolute Gasteiger partial charge is 0.311 e. The number of carbonyl (C=O) groups excluding carboxylic acids is 3. The number of hydrogen-bond acceptors (Lipinski definition) is 6.